The zero-order valence-corrected chi connectivity index (χ0v) is 12.6. The minimum Gasteiger partial charge on any atom is -0.312 e. The van der Waals surface area contributed by atoms with Crippen LogP contribution in [0, 0.1) is 5.82 Å². The predicted octanol–water partition coefficient (Wildman–Crippen LogP) is 3.11. The van der Waals surface area contributed by atoms with E-state index in [0.29, 0.717) is 6.07 Å². The summed E-state index contributed by atoms with van der Waals surface area (Å²) in [5.74, 6) is -1.48. The summed E-state index contributed by atoms with van der Waals surface area (Å²) in [5.41, 5.74) is -4.85. The van der Waals surface area contributed by atoms with E-state index in [1.165, 1.54) is 0 Å². The highest BCUT2D eigenvalue weighted by Crippen LogP contribution is 2.41. The molecule has 120 valence electrons. The molecule has 1 rings (SSSR count). The van der Waals surface area contributed by atoms with E-state index in [0.717, 1.165) is 19.2 Å². The average Bonchev–Trinajstić information content (AvgIpc) is 2.33. The minimum absolute atomic E-state index is 0.621. The smallest absolute Gasteiger partial charge is 0.312 e. The molecule has 0 amide bonds. The highest BCUT2D eigenvalue weighted by atomic mass is 32.2. The van der Waals surface area contributed by atoms with Gasteiger partial charge in [0.2, 0.25) is 0 Å². The van der Waals surface area contributed by atoms with Gasteiger partial charge in [-0.25, -0.2) is 4.39 Å². The fourth-order valence-electron chi connectivity index (χ4n) is 1.08. The fourth-order valence-corrected chi connectivity index (χ4v) is 3.43. The van der Waals surface area contributed by atoms with Gasteiger partial charge in [-0.2, -0.15) is 21.6 Å². The first-order chi connectivity index (χ1) is 9.57. The average molecular weight is 370 g/mol. The van der Waals surface area contributed by atoms with Crippen molar-refractivity contribution in [1.29, 1.82) is 0 Å². The summed E-state index contributed by atoms with van der Waals surface area (Å²) < 4.78 is 96.2. The Kier molecular flexibility index (Phi) is 6.20. The quantitative estimate of drug-likeness (QED) is 0.250. The lowest BCUT2D eigenvalue weighted by molar-refractivity contribution is -0.0966. The zero-order chi connectivity index (χ0) is 16.3. The molecule has 0 fully saturated rings. The molecule has 0 aliphatic heterocycles. The van der Waals surface area contributed by atoms with Crippen LogP contribution in [0.1, 0.15) is 0 Å². The first-order valence-corrected chi connectivity index (χ1v) is 8.25. The summed E-state index contributed by atoms with van der Waals surface area (Å²) in [5, 5.41) is 0. The van der Waals surface area contributed by atoms with E-state index in [4.69, 9.17) is 0 Å². The molecule has 0 radical (unpaired) electrons. The number of hydrogen-bond donors (Lipinski definition) is 0. The lowest BCUT2D eigenvalue weighted by atomic mass is 10.3. The molecule has 0 saturated carbocycles. The van der Waals surface area contributed by atoms with E-state index in [1.807, 2.05) is 0 Å². The summed E-state index contributed by atoms with van der Waals surface area (Å²) in [7, 11) is -7.50. The van der Waals surface area contributed by atoms with E-state index in [-0.39, 0.29) is 0 Å². The summed E-state index contributed by atoms with van der Waals surface area (Å²) in [6.07, 6.45) is 0. The predicted molar refractivity (Wildman–Crippen MR) is 63.7 cm³/mol. The Hall–Kier alpha value is -0.650. The second-order valence-electron chi connectivity index (χ2n) is 3.17. The lowest BCUT2D eigenvalue weighted by Crippen LogP contribution is -2.11. The molecule has 0 N–H and O–H groups in total. The fraction of sp³-hybridized carbons (Fsp3) is 0.250. The monoisotopic (exact) mass is 370 g/mol. The number of alkyl halides is 3. The van der Waals surface area contributed by atoms with E-state index in [9.17, 15) is 30.5 Å². The molecule has 0 aliphatic carbocycles. The van der Waals surface area contributed by atoms with Crippen LogP contribution in [0.4, 0.5) is 17.6 Å². The molecule has 0 aromatic heterocycles. The van der Waals surface area contributed by atoms with Crippen LogP contribution in [-0.2, 0) is 28.2 Å². The molecule has 0 aliphatic rings. The Morgan fingerprint density at radius 3 is 2.43 bits per heavy atom. The third kappa shape index (κ3) is 5.57. The highest BCUT2D eigenvalue weighted by molar-refractivity contribution is 8.00. The Balaban J connectivity index is 3.18. The Morgan fingerprint density at radius 2 is 1.90 bits per heavy atom. The van der Waals surface area contributed by atoms with Gasteiger partial charge in [-0.1, -0.05) is 10.4 Å². The molecule has 21 heavy (non-hydrogen) atoms. The van der Waals surface area contributed by atoms with Gasteiger partial charge in [0.15, 0.2) is 0 Å². The Morgan fingerprint density at radius 1 is 1.29 bits per heavy atom. The zero-order valence-electron chi connectivity index (χ0n) is 10.0. The van der Waals surface area contributed by atoms with E-state index >= 15 is 0 Å². The molecular weight excluding hydrogens is 363 g/mol. The maximum absolute atomic E-state index is 13.5. The molecule has 13 heteroatoms. The summed E-state index contributed by atoms with van der Waals surface area (Å²) in [4.78, 5) is -2.33. The van der Waals surface area contributed by atoms with Gasteiger partial charge in [-0.3, -0.25) is 4.57 Å². The summed E-state index contributed by atoms with van der Waals surface area (Å²) >= 11 is -0.847. The molecule has 0 saturated heterocycles. The largest absolute Gasteiger partial charge is 0.446 e. The van der Waals surface area contributed by atoms with Crippen LogP contribution in [0.5, 0.6) is 0 Å². The van der Waals surface area contributed by atoms with Gasteiger partial charge in [0, 0.05) is 12.0 Å². The standard InChI is InChI=1S/C8H7F4O6PS2/c1-16-19(13)17-18-21(14,15)7-5(9)3-2-4-6(7)20-8(10,11)12/h2-4,19H,1H3. The molecule has 1 aromatic carbocycles. The van der Waals surface area contributed by atoms with Gasteiger partial charge in [-0.05, 0) is 23.9 Å². The van der Waals surface area contributed by atoms with Crippen molar-refractivity contribution in [3.63, 3.8) is 0 Å². The van der Waals surface area contributed by atoms with Crippen molar-refractivity contribution >= 4 is 30.1 Å². The number of hydrogen-bond acceptors (Lipinski definition) is 7. The Labute approximate surface area is 121 Å². The van der Waals surface area contributed by atoms with Gasteiger partial charge < -0.3 is 4.52 Å². The maximum atomic E-state index is 13.5. The van der Waals surface area contributed by atoms with Crippen molar-refractivity contribution in [2.24, 2.45) is 0 Å². The van der Waals surface area contributed by atoms with Crippen LogP contribution in [-0.4, -0.2) is 21.0 Å². The summed E-state index contributed by atoms with van der Waals surface area (Å²) in [6, 6.07) is 2.24. The number of rotatable bonds is 6. The van der Waals surface area contributed by atoms with Gasteiger partial charge in [0.1, 0.15) is 10.7 Å². The normalized spacial score (nSPS) is 14.1. The molecule has 6 nitrogen and oxygen atoms in total. The van der Waals surface area contributed by atoms with Crippen LogP contribution in [0.15, 0.2) is 28.0 Å². The minimum atomic E-state index is -5.07. The van der Waals surface area contributed by atoms with Gasteiger partial charge in [0.05, 0.1) is 0 Å². The molecule has 0 heterocycles. The highest BCUT2D eigenvalue weighted by Gasteiger charge is 2.35. The van der Waals surface area contributed by atoms with Gasteiger partial charge >= 0.3 is 23.9 Å². The third-order valence-electron chi connectivity index (χ3n) is 1.76. The number of benzene rings is 1. The van der Waals surface area contributed by atoms with E-state index < -0.39 is 51.3 Å². The molecule has 1 aromatic rings. The Bertz CT molecular complexity index is 632. The topological polar surface area (TPSA) is 78.9 Å². The lowest BCUT2D eigenvalue weighted by Gasteiger charge is -2.11. The van der Waals surface area contributed by atoms with Crippen LogP contribution >= 0.6 is 20.0 Å². The molecule has 1 atom stereocenters. The van der Waals surface area contributed by atoms with Crippen LogP contribution in [0.2, 0.25) is 0 Å². The second-order valence-corrected chi connectivity index (χ2v) is 6.81. The number of thioether (sulfide) groups is 1. The third-order valence-corrected chi connectivity index (χ3v) is 4.52. The van der Waals surface area contributed by atoms with Crippen molar-refractivity contribution < 1.29 is 44.1 Å². The van der Waals surface area contributed by atoms with E-state index in [1.54, 1.807) is 0 Å². The molecular formula is C8H7F4O6PS2. The molecule has 0 spiro atoms. The first kappa shape index (κ1) is 18.4. The van der Waals surface area contributed by atoms with Crippen molar-refractivity contribution in [2.45, 2.75) is 15.3 Å². The summed E-state index contributed by atoms with van der Waals surface area (Å²) in [6.45, 7) is 0. The van der Waals surface area contributed by atoms with Crippen LogP contribution in [0.25, 0.3) is 0 Å². The second kappa shape index (κ2) is 7.07. The SMILES string of the molecule is CO[PH](=O)OOS(=O)(=O)c1c(F)cccc1SC(F)(F)F. The van der Waals surface area contributed by atoms with Gasteiger partial charge in [-0.15, -0.1) is 4.67 Å². The van der Waals surface area contributed by atoms with Crippen LogP contribution < -0.4 is 0 Å². The molecule has 1 unspecified atom stereocenters. The van der Waals surface area contributed by atoms with Crippen molar-refractivity contribution in [3.8, 4) is 0 Å². The van der Waals surface area contributed by atoms with E-state index in [2.05, 4.69) is 13.5 Å². The van der Waals surface area contributed by atoms with Crippen molar-refractivity contribution in [3.05, 3.63) is 24.0 Å². The maximum Gasteiger partial charge on any atom is 0.446 e. The van der Waals surface area contributed by atoms with Crippen molar-refractivity contribution in [2.75, 3.05) is 7.11 Å². The van der Waals surface area contributed by atoms with Crippen LogP contribution in [0.3, 0.4) is 0 Å². The van der Waals surface area contributed by atoms with Gasteiger partial charge in [0.25, 0.3) is 0 Å². The first-order valence-electron chi connectivity index (χ1n) is 4.80. The molecule has 0 bridgehead atoms. The number of halogens is 4. The van der Waals surface area contributed by atoms with Crippen molar-refractivity contribution in [1.82, 2.24) is 0 Å².